The standard InChI is InChI=1S/C21H17N5O2/c1-14(27)24-16-5-7-17(8-6-16)25-19-9-10-23-20(12-19)21(28)26-18-4-2-3-15(11-18)13-22/h2-12H,1H3,(H,23,25)(H,24,27)(H,26,28). The van der Waals surface area contributed by atoms with Crippen LogP contribution in [0.25, 0.3) is 0 Å². The van der Waals surface area contributed by atoms with Gasteiger partial charge in [-0.2, -0.15) is 5.26 Å². The molecule has 3 aromatic rings. The molecule has 0 atom stereocenters. The Hall–Kier alpha value is -4.18. The minimum absolute atomic E-state index is 0.134. The zero-order valence-corrected chi connectivity index (χ0v) is 15.1. The summed E-state index contributed by atoms with van der Waals surface area (Å²) < 4.78 is 0. The molecule has 7 heteroatoms. The molecule has 7 nitrogen and oxygen atoms in total. The van der Waals surface area contributed by atoms with Crippen LogP contribution in [0.15, 0.2) is 66.9 Å². The fourth-order valence-electron chi connectivity index (χ4n) is 2.50. The van der Waals surface area contributed by atoms with Gasteiger partial charge in [-0.1, -0.05) is 6.07 Å². The molecule has 0 saturated carbocycles. The van der Waals surface area contributed by atoms with E-state index >= 15 is 0 Å². The predicted molar refractivity (Wildman–Crippen MR) is 107 cm³/mol. The van der Waals surface area contributed by atoms with Gasteiger partial charge in [0, 0.05) is 35.9 Å². The monoisotopic (exact) mass is 371 g/mol. The number of anilines is 4. The van der Waals surface area contributed by atoms with Crippen LogP contribution in [-0.4, -0.2) is 16.8 Å². The van der Waals surface area contributed by atoms with E-state index in [1.165, 1.54) is 13.1 Å². The van der Waals surface area contributed by atoms with Gasteiger partial charge in [0.05, 0.1) is 11.6 Å². The van der Waals surface area contributed by atoms with Crippen molar-refractivity contribution in [3.05, 3.63) is 78.1 Å². The Balaban J connectivity index is 1.70. The van der Waals surface area contributed by atoms with Gasteiger partial charge in [-0.25, -0.2) is 0 Å². The lowest BCUT2D eigenvalue weighted by molar-refractivity contribution is -0.114. The van der Waals surface area contributed by atoms with Crippen molar-refractivity contribution in [3.8, 4) is 6.07 Å². The average molecular weight is 371 g/mol. The first kappa shape index (κ1) is 18.6. The molecule has 3 rings (SSSR count). The molecule has 0 aliphatic heterocycles. The van der Waals surface area contributed by atoms with Gasteiger partial charge in [0.2, 0.25) is 5.91 Å². The summed E-state index contributed by atoms with van der Waals surface area (Å²) >= 11 is 0. The predicted octanol–water partition coefficient (Wildman–Crippen LogP) is 3.91. The number of nitrogens with zero attached hydrogens (tertiary/aromatic N) is 2. The Morgan fingerprint density at radius 1 is 0.893 bits per heavy atom. The van der Waals surface area contributed by atoms with Crippen molar-refractivity contribution in [2.45, 2.75) is 6.92 Å². The highest BCUT2D eigenvalue weighted by molar-refractivity contribution is 6.03. The summed E-state index contributed by atoms with van der Waals surface area (Å²) in [5.74, 6) is -0.509. The highest BCUT2D eigenvalue weighted by Gasteiger charge is 2.09. The van der Waals surface area contributed by atoms with Crippen LogP contribution in [-0.2, 0) is 4.79 Å². The lowest BCUT2D eigenvalue weighted by atomic mass is 10.2. The number of amides is 2. The van der Waals surface area contributed by atoms with E-state index in [0.717, 1.165) is 5.69 Å². The van der Waals surface area contributed by atoms with Gasteiger partial charge >= 0.3 is 0 Å². The number of nitriles is 1. The first-order valence-electron chi connectivity index (χ1n) is 8.46. The fourth-order valence-corrected chi connectivity index (χ4v) is 2.50. The third-order valence-corrected chi connectivity index (χ3v) is 3.74. The second kappa shape index (κ2) is 8.47. The summed E-state index contributed by atoms with van der Waals surface area (Å²) in [6, 6.07) is 19.3. The van der Waals surface area contributed by atoms with E-state index in [-0.39, 0.29) is 17.5 Å². The topological polar surface area (TPSA) is 107 Å². The van der Waals surface area contributed by atoms with Crippen molar-refractivity contribution in [1.82, 2.24) is 4.98 Å². The molecular formula is C21H17N5O2. The summed E-state index contributed by atoms with van der Waals surface area (Å²) in [6.07, 6.45) is 1.54. The number of hydrogen-bond acceptors (Lipinski definition) is 5. The summed E-state index contributed by atoms with van der Waals surface area (Å²) in [6.45, 7) is 1.45. The molecule has 2 aromatic carbocycles. The van der Waals surface area contributed by atoms with E-state index in [1.807, 2.05) is 18.2 Å². The summed E-state index contributed by atoms with van der Waals surface area (Å²) in [5, 5.41) is 17.6. The number of pyridine rings is 1. The Morgan fingerprint density at radius 3 is 2.36 bits per heavy atom. The number of aromatic nitrogens is 1. The van der Waals surface area contributed by atoms with E-state index in [9.17, 15) is 9.59 Å². The average Bonchev–Trinajstić information content (AvgIpc) is 2.69. The molecule has 3 N–H and O–H groups in total. The van der Waals surface area contributed by atoms with Crippen molar-refractivity contribution in [1.29, 1.82) is 5.26 Å². The molecule has 1 aromatic heterocycles. The smallest absolute Gasteiger partial charge is 0.274 e. The number of rotatable bonds is 5. The lowest BCUT2D eigenvalue weighted by Gasteiger charge is -2.10. The highest BCUT2D eigenvalue weighted by Crippen LogP contribution is 2.20. The second-order valence-electron chi connectivity index (χ2n) is 5.96. The van der Waals surface area contributed by atoms with Gasteiger partial charge < -0.3 is 16.0 Å². The maximum Gasteiger partial charge on any atom is 0.274 e. The van der Waals surface area contributed by atoms with E-state index < -0.39 is 0 Å². The van der Waals surface area contributed by atoms with Crippen molar-refractivity contribution in [3.63, 3.8) is 0 Å². The van der Waals surface area contributed by atoms with Crippen LogP contribution in [0.3, 0.4) is 0 Å². The normalized spacial score (nSPS) is 9.86. The van der Waals surface area contributed by atoms with E-state index in [1.54, 1.807) is 48.5 Å². The summed E-state index contributed by atoms with van der Waals surface area (Å²) in [7, 11) is 0. The van der Waals surface area contributed by atoms with Gasteiger partial charge in [0.25, 0.3) is 5.91 Å². The number of carbonyl (C=O) groups is 2. The largest absolute Gasteiger partial charge is 0.355 e. The van der Waals surface area contributed by atoms with Crippen LogP contribution in [0, 0.1) is 11.3 Å². The van der Waals surface area contributed by atoms with E-state index in [2.05, 4.69) is 20.9 Å². The van der Waals surface area contributed by atoms with Crippen LogP contribution in [0.1, 0.15) is 23.0 Å². The highest BCUT2D eigenvalue weighted by atomic mass is 16.2. The summed E-state index contributed by atoms with van der Waals surface area (Å²) in [5.41, 5.74) is 3.42. The molecule has 0 aliphatic rings. The third kappa shape index (κ3) is 4.93. The zero-order chi connectivity index (χ0) is 19.9. The number of nitrogens with one attached hydrogen (secondary N) is 3. The van der Waals surface area contributed by atoms with Crippen LogP contribution < -0.4 is 16.0 Å². The molecule has 0 fully saturated rings. The SMILES string of the molecule is CC(=O)Nc1ccc(Nc2ccnc(C(=O)Nc3cccc(C#N)c3)c2)cc1. The van der Waals surface area contributed by atoms with Gasteiger partial charge in [0.15, 0.2) is 0 Å². The van der Waals surface area contributed by atoms with E-state index in [0.29, 0.717) is 22.6 Å². The van der Waals surface area contributed by atoms with Crippen molar-refractivity contribution in [2.75, 3.05) is 16.0 Å². The Morgan fingerprint density at radius 2 is 1.64 bits per heavy atom. The molecule has 0 saturated heterocycles. The molecule has 0 bridgehead atoms. The Kier molecular flexibility index (Phi) is 5.63. The Bertz CT molecular complexity index is 1050. The molecule has 0 unspecified atom stereocenters. The van der Waals surface area contributed by atoms with Crippen LogP contribution in [0.2, 0.25) is 0 Å². The van der Waals surface area contributed by atoms with Crippen molar-refractivity contribution < 1.29 is 9.59 Å². The molecule has 0 aliphatic carbocycles. The zero-order valence-electron chi connectivity index (χ0n) is 15.1. The van der Waals surface area contributed by atoms with Gasteiger partial charge in [-0.15, -0.1) is 0 Å². The van der Waals surface area contributed by atoms with Crippen LogP contribution in [0.4, 0.5) is 22.7 Å². The van der Waals surface area contributed by atoms with E-state index in [4.69, 9.17) is 5.26 Å². The first-order chi connectivity index (χ1) is 13.5. The maximum atomic E-state index is 12.4. The van der Waals surface area contributed by atoms with Gasteiger partial charge in [-0.3, -0.25) is 14.6 Å². The van der Waals surface area contributed by atoms with Crippen molar-refractivity contribution >= 4 is 34.6 Å². The number of benzene rings is 2. The molecule has 1 heterocycles. The van der Waals surface area contributed by atoms with Crippen LogP contribution >= 0.6 is 0 Å². The number of hydrogen-bond donors (Lipinski definition) is 3. The van der Waals surface area contributed by atoms with Gasteiger partial charge in [0.1, 0.15) is 5.69 Å². The maximum absolute atomic E-state index is 12.4. The minimum atomic E-state index is -0.375. The molecule has 0 radical (unpaired) electrons. The molecule has 138 valence electrons. The quantitative estimate of drug-likeness (QED) is 0.630. The lowest BCUT2D eigenvalue weighted by Crippen LogP contribution is -2.13. The molecular weight excluding hydrogens is 354 g/mol. The second-order valence-corrected chi connectivity index (χ2v) is 5.96. The van der Waals surface area contributed by atoms with Crippen molar-refractivity contribution in [2.24, 2.45) is 0 Å². The summed E-state index contributed by atoms with van der Waals surface area (Å²) in [4.78, 5) is 27.6. The molecule has 0 spiro atoms. The molecule has 28 heavy (non-hydrogen) atoms. The first-order valence-corrected chi connectivity index (χ1v) is 8.46. The number of carbonyl (C=O) groups excluding carboxylic acids is 2. The third-order valence-electron chi connectivity index (χ3n) is 3.74. The molecule has 2 amide bonds. The van der Waals surface area contributed by atoms with Gasteiger partial charge in [-0.05, 0) is 54.6 Å². The fraction of sp³-hybridized carbons (Fsp3) is 0.0476. The van der Waals surface area contributed by atoms with Crippen LogP contribution in [0.5, 0.6) is 0 Å². The minimum Gasteiger partial charge on any atom is -0.355 e. The Labute approximate surface area is 162 Å².